The van der Waals surface area contributed by atoms with Gasteiger partial charge in [-0.2, -0.15) is 0 Å². The fourth-order valence-electron chi connectivity index (χ4n) is 4.64. The van der Waals surface area contributed by atoms with E-state index in [0.29, 0.717) is 16.3 Å². The molecule has 42 heavy (non-hydrogen) atoms. The van der Waals surface area contributed by atoms with Crippen LogP contribution in [0.25, 0.3) is 43.7 Å². The molecule has 0 amide bonds. The number of rotatable bonds is 7. The lowest BCUT2D eigenvalue weighted by Gasteiger charge is -2.24. The molecule has 7 nitrogen and oxygen atoms in total. The first kappa shape index (κ1) is 30.0. The molecule has 0 radical (unpaired) electrons. The van der Waals surface area contributed by atoms with E-state index in [1.54, 1.807) is 58.2 Å². The van der Waals surface area contributed by atoms with E-state index in [0.717, 1.165) is 38.0 Å². The molecule has 0 aliphatic carbocycles. The molecular weight excluding hydrogens is 589 g/mol. The van der Waals surface area contributed by atoms with Crippen molar-refractivity contribution >= 4 is 41.9 Å². The van der Waals surface area contributed by atoms with Crippen molar-refractivity contribution in [3.8, 4) is 32.8 Å². The highest BCUT2D eigenvalue weighted by Gasteiger charge is 2.33. The smallest absolute Gasteiger partial charge is 0.175 e. The molecule has 5 aromatic rings. The second kappa shape index (κ2) is 10.4. The van der Waals surface area contributed by atoms with Crippen LogP contribution < -0.4 is 0 Å². The fourth-order valence-corrected chi connectivity index (χ4v) is 6.90. The number of sulfone groups is 2. The lowest BCUT2D eigenvalue weighted by atomic mass is 9.92. The van der Waals surface area contributed by atoms with Crippen LogP contribution in [0.5, 0.6) is 0 Å². The average molecular weight is 621 g/mol. The minimum Gasteiger partial charge on any atom is -0.383 e. The number of fused-ring (bicyclic) bond motifs is 1. The van der Waals surface area contributed by atoms with Gasteiger partial charge >= 0.3 is 0 Å². The van der Waals surface area contributed by atoms with E-state index < -0.39 is 30.0 Å². The summed E-state index contributed by atoms with van der Waals surface area (Å²) in [7, 11) is -6.78. The Labute approximate surface area is 250 Å². The number of hydrogen-bond donors (Lipinski definition) is 1. The molecule has 0 fully saturated rings. The molecule has 0 aliphatic rings. The predicted octanol–water partition coefficient (Wildman–Crippen LogP) is 6.60. The molecule has 0 saturated heterocycles. The van der Waals surface area contributed by atoms with Crippen molar-refractivity contribution < 1.29 is 21.9 Å². The highest BCUT2D eigenvalue weighted by Crippen LogP contribution is 2.42. The van der Waals surface area contributed by atoms with Crippen molar-refractivity contribution in [3.05, 3.63) is 89.6 Å². The molecule has 0 saturated carbocycles. The number of aliphatic hydroxyl groups is 1. The maximum absolute atomic E-state index is 12.7. The van der Waals surface area contributed by atoms with Crippen molar-refractivity contribution in [2.24, 2.45) is 0 Å². The molecule has 1 N–H and O–H groups in total. The zero-order chi connectivity index (χ0) is 30.7. The van der Waals surface area contributed by atoms with Gasteiger partial charge in [-0.3, -0.25) is 4.98 Å². The van der Waals surface area contributed by atoms with Crippen molar-refractivity contribution in [2.45, 2.75) is 42.9 Å². The standard InChI is InChI=1S/C32H32N2O5S3/c1-31(2,35)30-34-28(20-12-14-25(15-13-20)41(5,36)37)29(40-30)23-10-7-9-21(17-23)26-19-24(32(3,4)42(6,38)39)18-22-11-8-16-33-27(22)26/h7-19,35H,1-6H3. The van der Waals surface area contributed by atoms with Crippen LogP contribution in [0.2, 0.25) is 0 Å². The Morgan fingerprint density at radius 3 is 2.07 bits per heavy atom. The Morgan fingerprint density at radius 1 is 0.786 bits per heavy atom. The molecule has 0 bridgehead atoms. The number of hydrogen-bond acceptors (Lipinski definition) is 8. The Kier molecular flexibility index (Phi) is 7.42. The topological polar surface area (TPSA) is 114 Å². The second-order valence-corrected chi connectivity index (χ2v) is 17.1. The van der Waals surface area contributed by atoms with Gasteiger partial charge in [0.2, 0.25) is 0 Å². The Bertz CT molecular complexity index is 2040. The van der Waals surface area contributed by atoms with Gasteiger partial charge in [0.25, 0.3) is 0 Å². The number of pyridine rings is 1. The third-order valence-electron chi connectivity index (χ3n) is 7.47. The fraction of sp³-hybridized carbons (Fsp3) is 0.250. The Hall–Kier alpha value is -3.44. The molecule has 2 heterocycles. The molecule has 218 valence electrons. The lowest BCUT2D eigenvalue weighted by molar-refractivity contribution is 0.0783. The first-order valence-electron chi connectivity index (χ1n) is 13.2. The summed E-state index contributed by atoms with van der Waals surface area (Å²) in [4.78, 5) is 10.4. The first-order valence-corrected chi connectivity index (χ1v) is 17.8. The van der Waals surface area contributed by atoms with Crippen LogP contribution in [0.15, 0.2) is 83.9 Å². The maximum atomic E-state index is 12.7. The van der Waals surface area contributed by atoms with Gasteiger partial charge in [-0.1, -0.05) is 36.4 Å². The van der Waals surface area contributed by atoms with Gasteiger partial charge in [-0.25, -0.2) is 21.8 Å². The van der Waals surface area contributed by atoms with Crippen LogP contribution in [0.1, 0.15) is 38.3 Å². The van der Waals surface area contributed by atoms with Gasteiger partial charge in [0.15, 0.2) is 19.7 Å². The molecule has 0 spiro atoms. The Balaban J connectivity index is 1.72. The van der Waals surface area contributed by atoms with Crippen LogP contribution in [0.4, 0.5) is 0 Å². The van der Waals surface area contributed by atoms with Crippen LogP contribution in [-0.2, 0) is 30.0 Å². The van der Waals surface area contributed by atoms with E-state index in [-0.39, 0.29) is 4.90 Å². The van der Waals surface area contributed by atoms with Crippen molar-refractivity contribution in [3.63, 3.8) is 0 Å². The van der Waals surface area contributed by atoms with Gasteiger partial charge in [-0.05, 0) is 80.8 Å². The van der Waals surface area contributed by atoms with Gasteiger partial charge < -0.3 is 5.11 Å². The third-order valence-corrected chi connectivity index (χ3v) is 12.1. The van der Waals surface area contributed by atoms with Crippen molar-refractivity contribution in [2.75, 3.05) is 12.5 Å². The average Bonchev–Trinajstić information content (AvgIpc) is 3.38. The second-order valence-electron chi connectivity index (χ2n) is 11.5. The van der Waals surface area contributed by atoms with Gasteiger partial charge in [0.05, 0.1) is 25.7 Å². The van der Waals surface area contributed by atoms with Crippen LogP contribution >= 0.6 is 11.3 Å². The number of nitrogens with zero attached hydrogens (tertiary/aromatic N) is 2. The zero-order valence-corrected chi connectivity index (χ0v) is 26.7. The minimum atomic E-state index is -3.42. The number of benzene rings is 3. The van der Waals surface area contributed by atoms with E-state index >= 15 is 0 Å². The first-order chi connectivity index (χ1) is 19.5. The quantitative estimate of drug-likeness (QED) is 0.218. The highest BCUT2D eigenvalue weighted by molar-refractivity contribution is 7.91. The van der Waals surface area contributed by atoms with Crippen LogP contribution in [0, 0.1) is 0 Å². The van der Waals surface area contributed by atoms with E-state index in [1.165, 1.54) is 23.8 Å². The highest BCUT2D eigenvalue weighted by atomic mass is 32.2. The summed E-state index contributed by atoms with van der Waals surface area (Å²) in [6.45, 7) is 6.76. The monoisotopic (exact) mass is 620 g/mol. The van der Waals surface area contributed by atoms with E-state index in [2.05, 4.69) is 4.98 Å². The summed E-state index contributed by atoms with van der Waals surface area (Å²) in [5.74, 6) is 0. The molecule has 10 heteroatoms. The number of aromatic nitrogens is 2. The summed E-state index contributed by atoms with van der Waals surface area (Å²) in [5, 5.41) is 12.2. The third kappa shape index (κ3) is 5.64. The molecule has 2 aromatic heterocycles. The Morgan fingerprint density at radius 2 is 1.45 bits per heavy atom. The minimum absolute atomic E-state index is 0.212. The maximum Gasteiger partial charge on any atom is 0.175 e. The van der Waals surface area contributed by atoms with Crippen LogP contribution in [0.3, 0.4) is 0 Å². The summed E-state index contributed by atoms with van der Waals surface area (Å²) >= 11 is 1.37. The summed E-state index contributed by atoms with van der Waals surface area (Å²) in [5.41, 5.74) is 4.07. The lowest BCUT2D eigenvalue weighted by Crippen LogP contribution is -2.28. The van der Waals surface area contributed by atoms with Crippen molar-refractivity contribution in [1.29, 1.82) is 0 Å². The van der Waals surface area contributed by atoms with E-state index in [1.807, 2.05) is 48.5 Å². The van der Waals surface area contributed by atoms with Gasteiger partial charge in [-0.15, -0.1) is 11.3 Å². The molecule has 5 rings (SSSR count). The van der Waals surface area contributed by atoms with Gasteiger partial charge in [0.1, 0.15) is 10.6 Å². The zero-order valence-electron chi connectivity index (χ0n) is 24.2. The summed E-state index contributed by atoms with van der Waals surface area (Å²) < 4.78 is 48.4. The van der Waals surface area contributed by atoms with E-state index in [4.69, 9.17) is 4.98 Å². The van der Waals surface area contributed by atoms with Crippen LogP contribution in [-0.4, -0.2) is 44.4 Å². The molecule has 0 aliphatic heterocycles. The van der Waals surface area contributed by atoms with Crippen molar-refractivity contribution in [1.82, 2.24) is 9.97 Å². The normalized spacial score (nSPS) is 13.0. The molecular formula is C32H32N2O5S3. The SMILES string of the molecule is CC(C)(O)c1nc(-c2ccc(S(C)(=O)=O)cc2)c(-c2cccc(-c3cc(C(C)(C)S(C)(=O)=O)cc4cccnc34)c2)s1. The largest absolute Gasteiger partial charge is 0.383 e. The molecule has 3 aromatic carbocycles. The molecule has 0 unspecified atom stereocenters. The number of thiazole rings is 1. The summed E-state index contributed by atoms with van der Waals surface area (Å²) in [6, 6.07) is 21.9. The predicted molar refractivity (Wildman–Crippen MR) is 170 cm³/mol. The molecule has 0 atom stereocenters. The summed E-state index contributed by atoms with van der Waals surface area (Å²) in [6.07, 6.45) is 4.13. The van der Waals surface area contributed by atoms with E-state index in [9.17, 15) is 21.9 Å². The van der Waals surface area contributed by atoms with Gasteiger partial charge in [0, 0.05) is 35.2 Å².